The van der Waals surface area contributed by atoms with Crippen LogP contribution in [0.2, 0.25) is 0 Å². The summed E-state index contributed by atoms with van der Waals surface area (Å²) in [5.41, 5.74) is 0.601. The molecule has 1 aromatic carbocycles. The van der Waals surface area contributed by atoms with Crippen LogP contribution in [0.3, 0.4) is 0 Å². The van der Waals surface area contributed by atoms with E-state index >= 15 is 0 Å². The highest BCUT2D eigenvalue weighted by Crippen LogP contribution is 2.50. The fraction of sp³-hybridized carbons (Fsp3) is 0.522. The molecule has 0 radical (unpaired) electrons. The molecule has 1 unspecified atom stereocenters. The molecule has 9 nitrogen and oxygen atoms in total. The maximum Gasteiger partial charge on any atom is 0.251 e. The third-order valence-corrected chi connectivity index (χ3v) is 6.41. The molecule has 1 saturated carbocycles. The first-order valence-electron chi connectivity index (χ1n) is 11.0. The van der Waals surface area contributed by atoms with Crippen molar-refractivity contribution in [3.8, 4) is 0 Å². The standard InChI is InChI=1S/C23H29N5O4/c1-13(2)21(31)28-11-17-9-19(10-23(17,12-28)22-24-14(3)27-32-22)26-20(30)16-6-5-7-18(8-16)25-15(4)29/h5-8,13,17,19H,9-12H2,1-4H3,(H,25,29)(H,26,30)/t17?,19-,23+/m1/s1. The summed E-state index contributed by atoms with van der Waals surface area (Å²) >= 11 is 0. The van der Waals surface area contributed by atoms with Crippen LogP contribution in [0.4, 0.5) is 5.69 Å². The van der Waals surface area contributed by atoms with Crippen molar-refractivity contribution >= 4 is 23.4 Å². The number of rotatable bonds is 5. The van der Waals surface area contributed by atoms with Gasteiger partial charge < -0.3 is 20.1 Å². The number of anilines is 1. The number of nitrogens with zero attached hydrogens (tertiary/aromatic N) is 3. The normalized spacial score (nSPS) is 24.5. The number of nitrogens with one attached hydrogen (secondary N) is 2. The predicted octanol–water partition coefficient (Wildman–Crippen LogP) is 2.28. The second-order valence-corrected chi connectivity index (χ2v) is 9.25. The van der Waals surface area contributed by atoms with E-state index in [1.54, 1.807) is 31.2 Å². The first-order valence-corrected chi connectivity index (χ1v) is 11.0. The summed E-state index contributed by atoms with van der Waals surface area (Å²) in [7, 11) is 0. The highest BCUT2D eigenvalue weighted by molar-refractivity contribution is 5.97. The largest absolute Gasteiger partial charge is 0.349 e. The summed E-state index contributed by atoms with van der Waals surface area (Å²) in [6, 6.07) is 6.77. The van der Waals surface area contributed by atoms with Crippen molar-refractivity contribution in [3.05, 3.63) is 41.5 Å². The van der Waals surface area contributed by atoms with Gasteiger partial charge in [0.15, 0.2) is 5.82 Å². The molecule has 3 amide bonds. The van der Waals surface area contributed by atoms with Crippen molar-refractivity contribution in [2.24, 2.45) is 11.8 Å². The molecule has 3 atom stereocenters. The molecule has 0 spiro atoms. The van der Waals surface area contributed by atoms with Crippen LogP contribution in [-0.4, -0.2) is 51.9 Å². The number of hydrogen-bond acceptors (Lipinski definition) is 6. The smallest absolute Gasteiger partial charge is 0.251 e. The third kappa shape index (κ3) is 4.11. The van der Waals surface area contributed by atoms with Gasteiger partial charge in [0, 0.05) is 43.2 Å². The van der Waals surface area contributed by atoms with Gasteiger partial charge >= 0.3 is 0 Å². The first-order chi connectivity index (χ1) is 15.2. The Morgan fingerprint density at radius 2 is 2.06 bits per heavy atom. The molecule has 4 rings (SSSR count). The van der Waals surface area contributed by atoms with Crippen molar-refractivity contribution in [3.63, 3.8) is 0 Å². The van der Waals surface area contributed by atoms with Crippen LogP contribution in [0.5, 0.6) is 0 Å². The quantitative estimate of drug-likeness (QED) is 0.738. The van der Waals surface area contributed by atoms with Gasteiger partial charge in [-0.2, -0.15) is 4.98 Å². The molecule has 9 heteroatoms. The number of amides is 3. The second kappa shape index (κ2) is 8.37. The van der Waals surface area contributed by atoms with E-state index in [1.165, 1.54) is 6.92 Å². The molecule has 1 aliphatic carbocycles. The lowest BCUT2D eigenvalue weighted by Crippen LogP contribution is -2.40. The Morgan fingerprint density at radius 3 is 2.72 bits per heavy atom. The highest BCUT2D eigenvalue weighted by atomic mass is 16.5. The summed E-state index contributed by atoms with van der Waals surface area (Å²) < 4.78 is 5.58. The highest BCUT2D eigenvalue weighted by Gasteiger charge is 2.58. The third-order valence-electron chi connectivity index (χ3n) is 6.41. The minimum Gasteiger partial charge on any atom is -0.349 e. The second-order valence-electron chi connectivity index (χ2n) is 9.25. The molecule has 170 valence electrons. The zero-order chi connectivity index (χ0) is 23.0. The molecule has 1 aliphatic heterocycles. The number of fused-ring (bicyclic) bond motifs is 1. The monoisotopic (exact) mass is 439 g/mol. The molecule has 2 fully saturated rings. The zero-order valence-corrected chi connectivity index (χ0v) is 18.8. The van der Waals surface area contributed by atoms with Crippen LogP contribution in [-0.2, 0) is 15.0 Å². The van der Waals surface area contributed by atoms with E-state index in [-0.39, 0.29) is 35.6 Å². The number of likely N-dealkylation sites (tertiary alicyclic amines) is 1. The minimum absolute atomic E-state index is 0.0818. The van der Waals surface area contributed by atoms with Crippen LogP contribution < -0.4 is 10.6 Å². The summed E-state index contributed by atoms with van der Waals surface area (Å²) in [4.78, 5) is 43.3. The van der Waals surface area contributed by atoms with E-state index in [1.807, 2.05) is 18.7 Å². The van der Waals surface area contributed by atoms with Crippen molar-refractivity contribution < 1.29 is 18.9 Å². The molecule has 2 N–H and O–H groups in total. The first kappa shape index (κ1) is 22.0. The van der Waals surface area contributed by atoms with E-state index in [0.29, 0.717) is 42.5 Å². The number of benzene rings is 1. The Labute approximate surface area is 186 Å². The maximum atomic E-state index is 12.9. The SMILES string of the molecule is CC(=O)Nc1cccc(C(=O)N[C@@H]2CC3CN(C(=O)C(C)C)C[C@@]3(c3nc(C)no3)C2)c1. The Kier molecular flexibility index (Phi) is 5.75. The summed E-state index contributed by atoms with van der Waals surface area (Å²) in [6.07, 6.45) is 1.35. The van der Waals surface area contributed by atoms with Gasteiger partial charge in [0.1, 0.15) is 0 Å². The number of aryl methyl sites for hydroxylation is 1. The summed E-state index contributed by atoms with van der Waals surface area (Å²) in [6.45, 7) is 8.14. The zero-order valence-electron chi connectivity index (χ0n) is 18.8. The number of hydrogen-bond donors (Lipinski definition) is 2. The molecule has 32 heavy (non-hydrogen) atoms. The van der Waals surface area contributed by atoms with E-state index in [0.717, 1.165) is 6.42 Å². The van der Waals surface area contributed by atoms with Crippen LogP contribution in [0, 0.1) is 18.8 Å². The van der Waals surface area contributed by atoms with Crippen molar-refractivity contribution in [2.45, 2.75) is 52.0 Å². The fourth-order valence-corrected chi connectivity index (χ4v) is 5.05. The van der Waals surface area contributed by atoms with Crippen LogP contribution in [0.1, 0.15) is 55.7 Å². The van der Waals surface area contributed by atoms with Crippen LogP contribution in [0.25, 0.3) is 0 Å². The van der Waals surface area contributed by atoms with Gasteiger partial charge in [-0.3, -0.25) is 14.4 Å². The predicted molar refractivity (Wildman–Crippen MR) is 117 cm³/mol. The van der Waals surface area contributed by atoms with Crippen molar-refractivity contribution in [1.29, 1.82) is 0 Å². The van der Waals surface area contributed by atoms with E-state index in [2.05, 4.69) is 20.8 Å². The van der Waals surface area contributed by atoms with Crippen molar-refractivity contribution in [2.75, 3.05) is 18.4 Å². The number of carbonyl (C=O) groups is 3. The van der Waals surface area contributed by atoms with Gasteiger partial charge in [0.05, 0.1) is 5.41 Å². The minimum atomic E-state index is -0.457. The van der Waals surface area contributed by atoms with Gasteiger partial charge in [-0.05, 0) is 43.9 Å². The van der Waals surface area contributed by atoms with Crippen LogP contribution in [0.15, 0.2) is 28.8 Å². The summed E-state index contributed by atoms with van der Waals surface area (Å²) in [5, 5.41) is 9.80. The van der Waals surface area contributed by atoms with Gasteiger partial charge in [-0.25, -0.2) is 0 Å². The lowest BCUT2D eigenvalue weighted by Gasteiger charge is -2.26. The average Bonchev–Trinajstić information content (AvgIpc) is 3.39. The van der Waals surface area contributed by atoms with Gasteiger partial charge in [0.25, 0.3) is 5.91 Å². The molecular formula is C23H29N5O4. The lowest BCUT2D eigenvalue weighted by atomic mass is 9.80. The lowest BCUT2D eigenvalue weighted by molar-refractivity contribution is -0.133. The molecule has 2 aromatic rings. The Balaban J connectivity index is 1.52. The number of aromatic nitrogens is 2. The maximum absolute atomic E-state index is 12.9. The van der Waals surface area contributed by atoms with E-state index in [9.17, 15) is 14.4 Å². The van der Waals surface area contributed by atoms with E-state index < -0.39 is 5.41 Å². The van der Waals surface area contributed by atoms with Gasteiger partial charge in [0.2, 0.25) is 17.7 Å². The van der Waals surface area contributed by atoms with E-state index in [4.69, 9.17) is 4.52 Å². The summed E-state index contributed by atoms with van der Waals surface area (Å²) in [5.74, 6) is 0.873. The molecule has 1 aromatic heterocycles. The Morgan fingerprint density at radius 1 is 1.28 bits per heavy atom. The molecule has 0 bridgehead atoms. The Hall–Kier alpha value is -3.23. The Bertz CT molecular complexity index is 1050. The van der Waals surface area contributed by atoms with Crippen molar-refractivity contribution in [1.82, 2.24) is 20.4 Å². The molecule has 2 aliphatic rings. The average molecular weight is 440 g/mol. The molecular weight excluding hydrogens is 410 g/mol. The fourth-order valence-electron chi connectivity index (χ4n) is 5.05. The number of carbonyl (C=O) groups excluding carboxylic acids is 3. The molecule has 1 saturated heterocycles. The topological polar surface area (TPSA) is 117 Å². The molecule has 2 heterocycles. The van der Waals surface area contributed by atoms with Gasteiger partial charge in [-0.15, -0.1) is 0 Å². The van der Waals surface area contributed by atoms with Crippen LogP contribution >= 0.6 is 0 Å². The van der Waals surface area contributed by atoms with Gasteiger partial charge in [-0.1, -0.05) is 25.1 Å².